The summed E-state index contributed by atoms with van der Waals surface area (Å²) in [6.45, 7) is 2.09. The minimum absolute atomic E-state index is 0.164. The van der Waals surface area contributed by atoms with E-state index in [0.29, 0.717) is 12.3 Å². The molecule has 0 spiro atoms. The van der Waals surface area contributed by atoms with Gasteiger partial charge in [0.15, 0.2) is 0 Å². The zero-order valence-corrected chi connectivity index (χ0v) is 9.77. The van der Waals surface area contributed by atoms with Crippen LogP contribution in [-0.2, 0) is 16.0 Å². The van der Waals surface area contributed by atoms with Gasteiger partial charge in [0.25, 0.3) is 0 Å². The third kappa shape index (κ3) is 4.34. The third-order valence-electron chi connectivity index (χ3n) is 2.56. The standard InChI is InChI=1S/C13H18O3/c1-10(6-7-13(15)16-2)8-11-4-3-5-12(14)9-11/h3-5,9-10,14H,6-8H2,1-2H3/t10-/m0/s1. The first-order valence-electron chi connectivity index (χ1n) is 5.46. The van der Waals surface area contributed by atoms with Crippen LogP contribution in [0.5, 0.6) is 5.75 Å². The fourth-order valence-electron chi connectivity index (χ4n) is 1.65. The zero-order chi connectivity index (χ0) is 12.0. The maximum atomic E-state index is 11.0. The van der Waals surface area contributed by atoms with Crippen molar-refractivity contribution < 1.29 is 14.6 Å². The largest absolute Gasteiger partial charge is 0.508 e. The minimum Gasteiger partial charge on any atom is -0.508 e. The van der Waals surface area contributed by atoms with Gasteiger partial charge in [0.2, 0.25) is 0 Å². The van der Waals surface area contributed by atoms with E-state index in [2.05, 4.69) is 11.7 Å². The second-order valence-electron chi connectivity index (χ2n) is 4.09. The number of phenols is 1. The van der Waals surface area contributed by atoms with Crippen molar-refractivity contribution in [3.63, 3.8) is 0 Å². The number of carbonyl (C=O) groups excluding carboxylic acids is 1. The highest BCUT2D eigenvalue weighted by atomic mass is 16.5. The summed E-state index contributed by atoms with van der Waals surface area (Å²) >= 11 is 0. The highest BCUT2D eigenvalue weighted by molar-refractivity contribution is 5.69. The Balaban J connectivity index is 2.39. The monoisotopic (exact) mass is 222 g/mol. The Labute approximate surface area is 96.1 Å². The van der Waals surface area contributed by atoms with Crippen molar-refractivity contribution >= 4 is 5.97 Å². The average molecular weight is 222 g/mol. The first-order chi connectivity index (χ1) is 7.61. The Morgan fingerprint density at radius 1 is 1.50 bits per heavy atom. The van der Waals surface area contributed by atoms with E-state index < -0.39 is 0 Å². The Morgan fingerprint density at radius 2 is 2.25 bits per heavy atom. The lowest BCUT2D eigenvalue weighted by Crippen LogP contribution is -2.06. The van der Waals surface area contributed by atoms with Crippen molar-refractivity contribution in [2.24, 2.45) is 5.92 Å². The lowest BCUT2D eigenvalue weighted by Gasteiger charge is -2.10. The lowest BCUT2D eigenvalue weighted by atomic mass is 9.96. The smallest absolute Gasteiger partial charge is 0.305 e. The molecular weight excluding hydrogens is 204 g/mol. The molecule has 0 amide bonds. The summed E-state index contributed by atoms with van der Waals surface area (Å²) in [4.78, 5) is 11.0. The normalized spacial score (nSPS) is 12.1. The first kappa shape index (κ1) is 12.6. The van der Waals surface area contributed by atoms with Gasteiger partial charge in [-0.2, -0.15) is 0 Å². The predicted molar refractivity (Wildman–Crippen MR) is 62.2 cm³/mol. The number of rotatable bonds is 5. The highest BCUT2D eigenvalue weighted by Crippen LogP contribution is 2.17. The van der Waals surface area contributed by atoms with Gasteiger partial charge >= 0.3 is 5.97 Å². The molecule has 0 aliphatic heterocycles. The van der Waals surface area contributed by atoms with Gasteiger partial charge in [0.05, 0.1) is 7.11 Å². The molecule has 0 aromatic heterocycles. The van der Waals surface area contributed by atoms with Crippen LogP contribution in [0.25, 0.3) is 0 Å². The molecular formula is C13H18O3. The van der Waals surface area contributed by atoms with E-state index in [0.717, 1.165) is 18.4 Å². The Hall–Kier alpha value is -1.51. The van der Waals surface area contributed by atoms with Crippen LogP contribution in [0.2, 0.25) is 0 Å². The van der Waals surface area contributed by atoms with Crippen LogP contribution in [-0.4, -0.2) is 18.2 Å². The molecule has 1 N–H and O–H groups in total. The maximum absolute atomic E-state index is 11.0. The molecule has 16 heavy (non-hydrogen) atoms. The number of benzene rings is 1. The molecule has 0 heterocycles. The summed E-state index contributed by atoms with van der Waals surface area (Å²) in [6, 6.07) is 7.23. The minimum atomic E-state index is -0.164. The van der Waals surface area contributed by atoms with Gasteiger partial charge in [0.1, 0.15) is 5.75 Å². The zero-order valence-electron chi connectivity index (χ0n) is 9.77. The van der Waals surface area contributed by atoms with Gasteiger partial charge in [-0.1, -0.05) is 19.1 Å². The number of aromatic hydroxyl groups is 1. The summed E-state index contributed by atoms with van der Waals surface area (Å²) in [5, 5.41) is 9.31. The molecule has 0 fully saturated rings. The molecule has 0 saturated heterocycles. The molecule has 1 atom stereocenters. The fraction of sp³-hybridized carbons (Fsp3) is 0.462. The molecule has 88 valence electrons. The summed E-state index contributed by atoms with van der Waals surface area (Å²) < 4.78 is 4.59. The van der Waals surface area contributed by atoms with Crippen LogP contribution in [0.4, 0.5) is 0 Å². The van der Waals surface area contributed by atoms with Crippen LogP contribution in [0.3, 0.4) is 0 Å². The van der Waals surface area contributed by atoms with Gasteiger partial charge in [-0.25, -0.2) is 0 Å². The molecule has 1 aromatic rings. The molecule has 0 aliphatic rings. The van der Waals surface area contributed by atoms with Gasteiger partial charge < -0.3 is 9.84 Å². The SMILES string of the molecule is COC(=O)CC[C@H](C)Cc1cccc(O)c1. The van der Waals surface area contributed by atoms with Crippen LogP contribution < -0.4 is 0 Å². The molecule has 0 radical (unpaired) electrons. The Morgan fingerprint density at radius 3 is 2.88 bits per heavy atom. The maximum Gasteiger partial charge on any atom is 0.305 e. The van der Waals surface area contributed by atoms with Crippen LogP contribution >= 0.6 is 0 Å². The van der Waals surface area contributed by atoms with Crippen molar-refractivity contribution in [2.45, 2.75) is 26.2 Å². The Kier molecular flexibility index (Phi) is 4.83. The van der Waals surface area contributed by atoms with Gasteiger partial charge in [-0.15, -0.1) is 0 Å². The lowest BCUT2D eigenvalue weighted by molar-refractivity contribution is -0.140. The van der Waals surface area contributed by atoms with Crippen molar-refractivity contribution in [3.8, 4) is 5.75 Å². The number of esters is 1. The van der Waals surface area contributed by atoms with Crippen LogP contribution in [0.15, 0.2) is 24.3 Å². The summed E-state index contributed by atoms with van der Waals surface area (Å²) in [6.07, 6.45) is 2.13. The molecule has 0 bridgehead atoms. The molecule has 0 saturated carbocycles. The number of methoxy groups -OCH3 is 1. The molecule has 3 heteroatoms. The van der Waals surface area contributed by atoms with E-state index in [1.54, 1.807) is 12.1 Å². The van der Waals surface area contributed by atoms with Crippen molar-refractivity contribution in [3.05, 3.63) is 29.8 Å². The number of hydrogen-bond donors (Lipinski definition) is 1. The van der Waals surface area contributed by atoms with E-state index in [1.165, 1.54) is 7.11 Å². The van der Waals surface area contributed by atoms with Crippen LogP contribution in [0.1, 0.15) is 25.3 Å². The molecule has 1 rings (SSSR count). The molecule has 0 unspecified atom stereocenters. The van der Waals surface area contributed by atoms with E-state index in [9.17, 15) is 9.90 Å². The number of phenolic OH excluding ortho intramolecular Hbond substituents is 1. The average Bonchev–Trinajstić information content (AvgIpc) is 2.26. The van der Waals surface area contributed by atoms with E-state index in [4.69, 9.17) is 0 Å². The van der Waals surface area contributed by atoms with Gasteiger partial charge in [-0.05, 0) is 36.5 Å². The summed E-state index contributed by atoms with van der Waals surface area (Å²) in [5.41, 5.74) is 1.09. The summed E-state index contributed by atoms with van der Waals surface area (Å²) in [5.74, 6) is 0.529. The Bertz CT molecular complexity index is 347. The van der Waals surface area contributed by atoms with Crippen molar-refractivity contribution in [1.29, 1.82) is 0 Å². The highest BCUT2D eigenvalue weighted by Gasteiger charge is 2.07. The fourth-order valence-corrected chi connectivity index (χ4v) is 1.65. The van der Waals surface area contributed by atoms with Crippen molar-refractivity contribution in [1.82, 2.24) is 0 Å². The number of ether oxygens (including phenoxy) is 1. The second kappa shape index (κ2) is 6.16. The van der Waals surface area contributed by atoms with Gasteiger partial charge in [-0.3, -0.25) is 4.79 Å². The molecule has 3 nitrogen and oxygen atoms in total. The number of carbonyl (C=O) groups is 1. The first-order valence-corrected chi connectivity index (χ1v) is 5.46. The van der Waals surface area contributed by atoms with Gasteiger partial charge in [0, 0.05) is 6.42 Å². The third-order valence-corrected chi connectivity index (χ3v) is 2.56. The summed E-state index contributed by atoms with van der Waals surface area (Å²) in [7, 11) is 1.40. The topological polar surface area (TPSA) is 46.5 Å². The second-order valence-corrected chi connectivity index (χ2v) is 4.09. The van der Waals surface area contributed by atoms with E-state index in [1.807, 2.05) is 12.1 Å². The number of hydrogen-bond acceptors (Lipinski definition) is 3. The van der Waals surface area contributed by atoms with E-state index in [-0.39, 0.29) is 11.7 Å². The predicted octanol–water partition coefficient (Wildman–Crippen LogP) is 2.52. The quantitative estimate of drug-likeness (QED) is 0.779. The van der Waals surface area contributed by atoms with Crippen LogP contribution in [0, 0.1) is 5.92 Å². The van der Waals surface area contributed by atoms with E-state index >= 15 is 0 Å². The molecule has 0 aliphatic carbocycles. The van der Waals surface area contributed by atoms with Crippen molar-refractivity contribution in [2.75, 3.05) is 7.11 Å². The molecule has 1 aromatic carbocycles.